The Balaban J connectivity index is 1.25. The first-order valence-electron chi connectivity index (χ1n) is 10.2. The number of likely N-dealkylation sites (tertiary alicyclic amines) is 1. The summed E-state index contributed by atoms with van der Waals surface area (Å²) in [6.07, 6.45) is 2.91. The van der Waals surface area contributed by atoms with E-state index in [1.165, 1.54) is 5.56 Å². The molecule has 30 heavy (non-hydrogen) atoms. The summed E-state index contributed by atoms with van der Waals surface area (Å²) in [5, 5.41) is 8.91. The fourth-order valence-electron chi connectivity index (χ4n) is 4.52. The topological polar surface area (TPSA) is 102 Å². The predicted molar refractivity (Wildman–Crippen MR) is 112 cm³/mol. The summed E-state index contributed by atoms with van der Waals surface area (Å²) < 4.78 is 6.37. The van der Waals surface area contributed by atoms with Gasteiger partial charge in [0, 0.05) is 38.5 Å². The molecule has 2 N–H and O–H groups in total. The van der Waals surface area contributed by atoms with Gasteiger partial charge < -0.3 is 19.6 Å². The highest BCUT2D eigenvalue weighted by Gasteiger charge is 2.43. The largest absolute Gasteiger partial charge is 0.486 e. The third-order valence-corrected chi connectivity index (χ3v) is 6.29. The number of nitriles is 1. The molecule has 0 atom stereocenters. The number of piperidine rings is 1. The molecule has 7 nitrogen and oxygen atoms in total. The van der Waals surface area contributed by atoms with Crippen LogP contribution in [0.4, 0.5) is 0 Å². The van der Waals surface area contributed by atoms with Gasteiger partial charge >= 0.3 is 5.69 Å². The number of nitrogens with one attached hydrogen (secondary N) is 2. The molecule has 0 radical (unpaired) electrons. The van der Waals surface area contributed by atoms with Gasteiger partial charge in [-0.2, -0.15) is 5.26 Å². The van der Waals surface area contributed by atoms with E-state index in [2.05, 4.69) is 20.9 Å². The van der Waals surface area contributed by atoms with Crippen molar-refractivity contribution in [3.05, 3.63) is 63.6 Å². The summed E-state index contributed by atoms with van der Waals surface area (Å²) in [7, 11) is 0. The lowest BCUT2D eigenvalue weighted by Crippen LogP contribution is -2.51. The Kier molecular flexibility index (Phi) is 4.44. The SMILES string of the molecule is N#Cc1ccc(CCN2CCC3(CC2)CC(=O)c2cc4[nH]c(=O)[nH]c4cc2O3)cc1. The Bertz CT molecular complexity index is 1210. The van der Waals surface area contributed by atoms with Crippen LogP contribution >= 0.6 is 0 Å². The molecule has 0 unspecified atom stereocenters. The second kappa shape index (κ2) is 7.15. The van der Waals surface area contributed by atoms with Crippen LogP contribution in [0.1, 0.15) is 40.7 Å². The molecule has 5 rings (SSSR count). The zero-order valence-corrected chi connectivity index (χ0v) is 16.5. The third kappa shape index (κ3) is 3.40. The van der Waals surface area contributed by atoms with Gasteiger partial charge in [-0.25, -0.2) is 4.79 Å². The van der Waals surface area contributed by atoms with Crippen molar-refractivity contribution < 1.29 is 9.53 Å². The maximum absolute atomic E-state index is 12.8. The number of ketones is 1. The van der Waals surface area contributed by atoms with Crippen LogP contribution in [0.2, 0.25) is 0 Å². The minimum atomic E-state index is -0.459. The minimum Gasteiger partial charge on any atom is -0.486 e. The lowest BCUT2D eigenvalue weighted by atomic mass is 9.82. The average Bonchev–Trinajstić information content (AvgIpc) is 3.11. The van der Waals surface area contributed by atoms with Crippen molar-refractivity contribution in [3.8, 4) is 11.8 Å². The molecule has 1 aromatic heterocycles. The van der Waals surface area contributed by atoms with Crippen LogP contribution in [0, 0.1) is 11.3 Å². The van der Waals surface area contributed by atoms with Crippen LogP contribution in [0.3, 0.4) is 0 Å². The monoisotopic (exact) mass is 402 g/mol. The molecule has 2 aromatic carbocycles. The molecule has 1 spiro atoms. The highest BCUT2D eigenvalue weighted by atomic mass is 16.5. The van der Waals surface area contributed by atoms with Crippen molar-refractivity contribution in [1.82, 2.24) is 14.9 Å². The molecule has 0 bridgehead atoms. The van der Waals surface area contributed by atoms with E-state index in [1.807, 2.05) is 24.3 Å². The van der Waals surface area contributed by atoms with Gasteiger partial charge in [0.1, 0.15) is 11.4 Å². The zero-order valence-electron chi connectivity index (χ0n) is 16.5. The van der Waals surface area contributed by atoms with E-state index in [0.717, 1.165) is 38.9 Å². The molecule has 2 aliphatic heterocycles. The molecule has 2 aliphatic rings. The van der Waals surface area contributed by atoms with Gasteiger partial charge in [-0.3, -0.25) is 4.79 Å². The molecule has 1 fully saturated rings. The summed E-state index contributed by atoms with van der Waals surface area (Å²) in [4.78, 5) is 32.2. The van der Waals surface area contributed by atoms with E-state index < -0.39 is 5.60 Å². The van der Waals surface area contributed by atoms with Crippen LogP contribution in [-0.4, -0.2) is 45.9 Å². The first kappa shape index (κ1) is 18.6. The van der Waals surface area contributed by atoms with Crippen molar-refractivity contribution in [2.75, 3.05) is 19.6 Å². The van der Waals surface area contributed by atoms with Crippen molar-refractivity contribution in [3.63, 3.8) is 0 Å². The van der Waals surface area contributed by atoms with Gasteiger partial charge in [-0.15, -0.1) is 0 Å². The summed E-state index contributed by atoms with van der Waals surface area (Å²) in [6.45, 7) is 2.70. The van der Waals surface area contributed by atoms with E-state index in [4.69, 9.17) is 10.00 Å². The molecule has 3 aromatic rings. The molecule has 0 amide bonds. The fourth-order valence-corrected chi connectivity index (χ4v) is 4.52. The number of carbonyl (C=O) groups excluding carboxylic acids is 1. The standard InChI is InChI=1S/C23H22N4O3/c24-14-16-3-1-15(2-4-16)5-8-27-9-6-23(7-10-27)13-20(28)17-11-18-19(12-21(17)30-23)26-22(29)25-18/h1-4,11-12H,5-10,13H2,(H2,25,26,29). The van der Waals surface area contributed by atoms with Gasteiger partial charge in [0.25, 0.3) is 0 Å². The van der Waals surface area contributed by atoms with Crippen molar-refractivity contribution in [2.45, 2.75) is 31.3 Å². The summed E-state index contributed by atoms with van der Waals surface area (Å²) in [5.41, 5.74) is 2.99. The number of ether oxygens (including phenoxy) is 1. The molecular formula is C23H22N4O3. The quantitative estimate of drug-likeness (QED) is 0.701. The second-order valence-electron chi connectivity index (χ2n) is 8.26. The van der Waals surface area contributed by atoms with E-state index in [-0.39, 0.29) is 11.5 Å². The molecule has 152 valence electrons. The van der Waals surface area contributed by atoms with E-state index in [0.29, 0.717) is 34.3 Å². The summed E-state index contributed by atoms with van der Waals surface area (Å²) in [6, 6.07) is 13.3. The maximum atomic E-state index is 12.8. The number of Topliss-reactive ketones (excluding diaryl/α,β-unsaturated/α-hetero) is 1. The number of hydrogen-bond donors (Lipinski definition) is 2. The molecule has 0 saturated carbocycles. The van der Waals surface area contributed by atoms with Crippen LogP contribution in [0.25, 0.3) is 11.0 Å². The third-order valence-electron chi connectivity index (χ3n) is 6.29. The van der Waals surface area contributed by atoms with E-state index in [9.17, 15) is 9.59 Å². The van der Waals surface area contributed by atoms with Crippen LogP contribution in [0.5, 0.6) is 5.75 Å². The van der Waals surface area contributed by atoms with Crippen LogP contribution < -0.4 is 10.4 Å². The van der Waals surface area contributed by atoms with Gasteiger partial charge in [0.05, 0.1) is 34.7 Å². The van der Waals surface area contributed by atoms with E-state index >= 15 is 0 Å². The van der Waals surface area contributed by atoms with Crippen molar-refractivity contribution in [2.24, 2.45) is 0 Å². The Morgan fingerprint density at radius 2 is 1.77 bits per heavy atom. The lowest BCUT2D eigenvalue weighted by Gasteiger charge is -2.44. The number of fused-ring (bicyclic) bond motifs is 2. The van der Waals surface area contributed by atoms with Gasteiger partial charge in [-0.1, -0.05) is 12.1 Å². The number of aromatic nitrogens is 2. The van der Waals surface area contributed by atoms with Gasteiger partial charge in [-0.05, 0) is 30.2 Å². The van der Waals surface area contributed by atoms with E-state index in [1.54, 1.807) is 12.1 Å². The zero-order chi connectivity index (χ0) is 20.7. The highest BCUT2D eigenvalue weighted by Crippen LogP contribution is 2.40. The molecule has 3 heterocycles. The number of carbonyl (C=O) groups is 1. The van der Waals surface area contributed by atoms with Crippen molar-refractivity contribution >= 4 is 16.8 Å². The fraction of sp³-hybridized carbons (Fsp3) is 0.348. The lowest BCUT2D eigenvalue weighted by molar-refractivity contribution is -0.00855. The Morgan fingerprint density at radius 3 is 2.47 bits per heavy atom. The molecule has 0 aliphatic carbocycles. The summed E-state index contributed by atoms with van der Waals surface area (Å²) >= 11 is 0. The Hall–Kier alpha value is -3.37. The number of rotatable bonds is 3. The number of imidazole rings is 1. The Labute approximate surface area is 173 Å². The van der Waals surface area contributed by atoms with Crippen LogP contribution in [0.15, 0.2) is 41.2 Å². The average molecular weight is 402 g/mol. The Morgan fingerprint density at radius 1 is 1.07 bits per heavy atom. The molecular weight excluding hydrogens is 380 g/mol. The number of hydrogen-bond acceptors (Lipinski definition) is 5. The normalized spacial score (nSPS) is 18.2. The second-order valence-corrected chi connectivity index (χ2v) is 8.26. The number of H-pyrrole nitrogens is 2. The minimum absolute atomic E-state index is 0.0752. The number of benzene rings is 2. The molecule has 1 saturated heterocycles. The number of aromatic amines is 2. The van der Waals surface area contributed by atoms with Crippen molar-refractivity contribution in [1.29, 1.82) is 5.26 Å². The summed E-state index contributed by atoms with van der Waals surface area (Å²) in [5.74, 6) is 0.645. The predicted octanol–water partition coefficient (Wildman–Crippen LogP) is 2.77. The van der Waals surface area contributed by atoms with Gasteiger partial charge in [0.15, 0.2) is 5.78 Å². The number of nitrogens with zero attached hydrogens (tertiary/aromatic N) is 2. The first-order valence-corrected chi connectivity index (χ1v) is 10.2. The maximum Gasteiger partial charge on any atom is 0.323 e. The molecule has 7 heteroatoms. The van der Waals surface area contributed by atoms with Crippen LogP contribution in [-0.2, 0) is 6.42 Å². The van der Waals surface area contributed by atoms with Gasteiger partial charge in [0.2, 0.25) is 0 Å². The highest BCUT2D eigenvalue weighted by molar-refractivity contribution is 6.03. The smallest absolute Gasteiger partial charge is 0.323 e. The first-order chi connectivity index (χ1) is 14.5.